The molecule has 0 aliphatic heterocycles. The van der Waals surface area contributed by atoms with E-state index in [4.69, 9.17) is 24.3 Å². The molecule has 0 rings (SSSR count). The Morgan fingerprint density at radius 3 is 0.976 bits per heavy atom. The molecule has 0 aromatic rings. The molecule has 2 unspecified atom stereocenters. The highest BCUT2D eigenvalue weighted by atomic mass is 31.2. The summed E-state index contributed by atoms with van der Waals surface area (Å²) in [5, 5.41) is 0. The Morgan fingerprint density at radius 1 is 0.369 bits per heavy atom. The lowest BCUT2D eigenvalue weighted by atomic mass is 10.0. The fraction of sp³-hybridized carbons (Fsp3) is 0.838. The normalized spacial score (nSPS) is 13.2. The van der Waals surface area contributed by atoms with Crippen molar-refractivity contribution in [3.63, 3.8) is 0 Å². The van der Waals surface area contributed by atoms with E-state index in [9.17, 15) is 19.0 Å². The van der Waals surface area contributed by atoms with Crippen LogP contribution >= 0.6 is 7.82 Å². The molecule has 9 nitrogen and oxygen atoms in total. The van der Waals surface area contributed by atoms with Gasteiger partial charge < -0.3 is 20.1 Å². The van der Waals surface area contributed by atoms with Gasteiger partial charge in [-0.15, -0.1) is 0 Å². The van der Waals surface area contributed by atoms with Gasteiger partial charge in [0.05, 0.1) is 13.2 Å². The first-order valence-electron chi connectivity index (χ1n) is 36.3. The number of rotatable bonds is 69. The van der Waals surface area contributed by atoms with Gasteiger partial charge in [0.25, 0.3) is 0 Å². The molecule has 3 N–H and O–H groups in total. The average Bonchev–Trinajstić information content (AvgIpc) is 3.55. The van der Waals surface area contributed by atoms with E-state index in [0.717, 1.165) is 64.2 Å². The van der Waals surface area contributed by atoms with Crippen LogP contribution in [0.5, 0.6) is 0 Å². The van der Waals surface area contributed by atoms with Crippen LogP contribution in [0.15, 0.2) is 60.8 Å². The van der Waals surface area contributed by atoms with E-state index in [2.05, 4.69) is 74.6 Å². The van der Waals surface area contributed by atoms with Crippen molar-refractivity contribution in [3.05, 3.63) is 60.8 Å². The largest absolute Gasteiger partial charge is 0.472 e. The van der Waals surface area contributed by atoms with E-state index in [1.807, 2.05) is 0 Å². The van der Waals surface area contributed by atoms with Gasteiger partial charge in [-0.2, -0.15) is 0 Å². The monoisotopic (exact) mass is 1200 g/mol. The third-order valence-corrected chi connectivity index (χ3v) is 17.2. The predicted molar refractivity (Wildman–Crippen MR) is 363 cm³/mol. The number of phosphoric ester groups is 1. The molecule has 10 heteroatoms. The van der Waals surface area contributed by atoms with E-state index in [1.165, 1.54) is 270 Å². The highest BCUT2D eigenvalue weighted by molar-refractivity contribution is 7.47. The highest BCUT2D eigenvalue weighted by Crippen LogP contribution is 2.43. The van der Waals surface area contributed by atoms with Crippen LogP contribution in [-0.4, -0.2) is 49.3 Å². The van der Waals surface area contributed by atoms with Crippen LogP contribution in [0, 0.1) is 0 Å². The summed E-state index contributed by atoms with van der Waals surface area (Å²) < 4.78 is 33.2. The van der Waals surface area contributed by atoms with Gasteiger partial charge in [0.15, 0.2) is 6.10 Å². The first-order chi connectivity index (χ1) is 41.3. The Hall–Kier alpha value is -2.29. The molecule has 2 atom stereocenters. The Morgan fingerprint density at radius 2 is 0.655 bits per heavy atom. The van der Waals surface area contributed by atoms with E-state index < -0.39 is 26.5 Å². The summed E-state index contributed by atoms with van der Waals surface area (Å²) >= 11 is 0. The molecule has 0 saturated carbocycles. The summed E-state index contributed by atoms with van der Waals surface area (Å²) in [4.78, 5) is 35.3. The van der Waals surface area contributed by atoms with Crippen molar-refractivity contribution in [2.75, 3.05) is 26.4 Å². The van der Waals surface area contributed by atoms with Crippen molar-refractivity contribution in [2.45, 2.75) is 373 Å². The van der Waals surface area contributed by atoms with Crippen LogP contribution in [-0.2, 0) is 32.7 Å². The Balaban J connectivity index is 3.76. The number of carbonyl (C=O) groups excluding carboxylic acids is 2. The molecule has 0 heterocycles. The minimum absolute atomic E-state index is 0.0561. The van der Waals surface area contributed by atoms with Crippen molar-refractivity contribution >= 4 is 19.8 Å². The molecule has 0 bridgehead atoms. The van der Waals surface area contributed by atoms with Gasteiger partial charge in [-0.25, -0.2) is 4.57 Å². The smallest absolute Gasteiger partial charge is 0.462 e. The number of unbranched alkanes of at least 4 members (excludes halogenated alkanes) is 46. The number of carbonyl (C=O) groups is 2. The first-order valence-corrected chi connectivity index (χ1v) is 37.8. The molecule has 0 radical (unpaired) electrons. The zero-order valence-electron chi connectivity index (χ0n) is 55.4. The maximum atomic E-state index is 12.8. The average molecular weight is 1200 g/mol. The molecule has 492 valence electrons. The number of hydrogen-bond acceptors (Lipinski definition) is 8. The molecule has 0 fully saturated rings. The fourth-order valence-electron chi connectivity index (χ4n) is 10.8. The first kappa shape index (κ1) is 81.7. The van der Waals surface area contributed by atoms with Gasteiger partial charge in [-0.05, 0) is 57.8 Å². The van der Waals surface area contributed by atoms with Gasteiger partial charge in [0.1, 0.15) is 6.61 Å². The highest BCUT2D eigenvalue weighted by Gasteiger charge is 2.26. The number of nitrogens with two attached hydrogens (primary N) is 1. The summed E-state index contributed by atoms with van der Waals surface area (Å²) in [6.07, 6.45) is 90.5. The van der Waals surface area contributed by atoms with Gasteiger partial charge >= 0.3 is 19.8 Å². The van der Waals surface area contributed by atoms with Gasteiger partial charge in [0.2, 0.25) is 0 Å². The van der Waals surface area contributed by atoms with Crippen LogP contribution < -0.4 is 5.73 Å². The van der Waals surface area contributed by atoms with E-state index in [0.29, 0.717) is 6.42 Å². The zero-order valence-corrected chi connectivity index (χ0v) is 56.3. The van der Waals surface area contributed by atoms with Crippen molar-refractivity contribution < 1.29 is 37.6 Å². The molecule has 0 spiro atoms. The van der Waals surface area contributed by atoms with Gasteiger partial charge in [-0.1, -0.05) is 357 Å². The number of phosphoric acid groups is 1. The van der Waals surface area contributed by atoms with Crippen LogP contribution in [0.2, 0.25) is 0 Å². The molecular weight excluding hydrogens is 1060 g/mol. The third kappa shape index (κ3) is 68.8. The lowest BCUT2D eigenvalue weighted by Crippen LogP contribution is -2.29. The van der Waals surface area contributed by atoms with Crippen molar-refractivity contribution in [3.8, 4) is 0 Å². The summed E-state index contributed by atoms with van der Waals surface area (Å²) in [5.41, 5.74) is 5.40. The Kier molecular flexibility index (Phi) is 67.9. The van der Waals surface area contributed by atoms with Crippen LogP contribution in [0.1, 0.15) is 367 Å². The molecule has 0 aromatic carbocycles. The standard InChI is InChI=1S/C74H138NO8P/c1-3-5-7-9-11-13-15-17-19-21-23-25-27-28-29-30-31-32-33-34-35-36-37-38-39-40-41-42-43-44-45-47-49-51-53-55-57-59-61-63-65-67-74(77)83-72(71-82-84(78,79)81-69-68-75)70-80-73(76)66-64-62-60-58-56-54-52-50-48-46-26-24-22-20-18-16-14-12-10-8-6-4-2/h5,7,11,13,17,19,23,25,28-29,72H,3-4,6,8-10,12,14-16,18,20-22,24,26-27,30-71,75H2,1-2H3,(H,78,79)/b7-5-,13-11-,19-17-,25-23-,29-28-. The lowest BCUT2D eigenvalue weighted by molar-refractivity contribution is -0.161. The third-order valence-electron chi connectivity index (χ3n) is 16.2. The van der Waals surface area contributed by atoms with Gasteiger partial charge in [0, 0.05) is 19.4 Å². The summed E-state index contributed by atoms with van der Waals surface area (Å²) in [6, 6.07) is 0. The van der Waals surface area contributed by atoms with Crippen molar-refractivity contribution in [1.82, 2.24) is 0 Å². The van der Waals surface area contributed by atoms with Gasteiger partial charge in [-0.3, -0.25) is 18.6 Å². The van der Waals surface area contributed by atoms with E-state index in [-0.39, 0.29) is 38.6 Å². The lowest BCUT2D eigenvalue weighted by Gasteiger charge is -2.19. The molecule has 84 heavy (non-hydrogen) atoms. The predicted octanol–water partition coefficient (Wildman–Crippen LogP) is 23.8. The number of esters is 2. The van der Waals surface area contributed by atoms with Crippen LogP contribution in [0.25, 0.3) is 0 Å². The Bertz CT molecular complexity index is 1560. The summed E-state index contributed by atoms with van der Waals surface area (Å²) in [5.74, 6) is -0.804. The molecule has 0 aliphatic rings. The number of ether oxygens (including phenoxy) is 2. The zero-order chi connectivity index (χ0) is 60.9. The quantitative estimate of drug-likeness (QED) is 0.0264. The molecular formula is C74H138NO8P. The number of allylic oxidation sites excluding steroid dienone is 10. The van der Waals surface area contributed by atoms with Crippen LogP contribution in [0.4, 0.5) is 0 Å². The second-order valence-corrected chi connectivity index (χ2v) is 25.9. The second-order valence-electron chi connectivity index (χ2n) is 24.4. The minimum atomic E-state index is -4.39. The molecule has 0 amide bonds. The Labute approximate surface area is 520 Å². The summed E-state index contributed by atoms with van der Waals surface area (Å²) in [6.45, 7) is 3.70. The minimum Gasteiger partial charge on any atom is -0.462 e. The number of hydrogen-bond donors (Lipinski definition) is 2. The topological polar surface area (TPSA) is 134 Å². The summed E-state index contributed by atoms with van der Waals surface area (Å²) in [7, 11) is -4.39. The maximum Gasteiger partial charge on any atom is 0.472 e. The second kappa shape index (κ2) is 69.8. The van der Waals surface area contributed by atoms with Crippen LogP contribution in [0.3, 0.4) is 0 Å². The molecule has 0 aliphatic carbocycles. The SMILES string of the molecule is CC/C=C\C/C=C\C/C=C\C/C=C\C/C=C\CCCCCCCCCCCCCCCCCCCCCCCCCCCC(=O)OC(COC(=O)CCCCCCCCCCCCCCCCCCCCCCCC)COP(=O)(O)OCCN. The maximum absolute atomic E-state index is 12.8. The van der Waals surface area contributed by atoms with Crippen molar-refractivity contribution in [1.29, 1.82) is 0 Å². The molecule has 0 aromatic heterocycles. The fourth-order valence-corrected chi connectivity index (χ4v) is 11.6. The van der Waals surface area contributed by atoms with Crippen molar-refractivity contribution in [2.24, 2.45) is 5.73 Å². The van der Waals surface area contributed by atoms with E-state index in [1.54, 1.807) is 0 Å². The molecule has 0 saturated heterocycles. The van der Waals surface area contributed by atoms with E-state index >= 15 is 0 Å².